The number of rotatable bonds is 5. The van der Waals surface area contributed by atoms with Crippen LogP contribution in [0.4, 0.5) is 5.69 Å². The number of likely N-dealkylation sites (N-methyl/N-ethyl adjacent to an activating group) is 1. The minimum absolute atomic E-state index is 0.155. The molecule has 0 amide bonds. The quantitative estimate of drug-likeness (QED) is 0.862. The number of anilines is 1. The molecular formula is C15H19N3O. The number of hydrogen-bond acceptors (Lipinski definition) is 4. The Labute approximate surface area is 113 Å². The van der Waals surface area contributed by atoms with Crippen molar-refractivity contribution < 1.29 is 4.74 Å². The third-order valence-electron chi connectivity index (χ3n) is 3.21. The Morgan fingerprint density at radius 2 is 2.00 bits per heavy atom. The van der Waals surface area contributed by atoms with E-state index >= 15 is 0 Å². The Hall–Kier alpha value is -2.07. The molecule has 19 heavy (non-hydrogen) atoms. The van der Waals surface area contributed by atoms with Crippen LogP contribution in [0.5, 0.6) is 5.75 Å². The predicted octanol–water partition coefficient (Wildman–Crippen LogP) is 2.18. The Morgan fingerprint density at radius 1 is 1.26 bits per heavy atom. The van der Waals surface area contributed by atoms with E-state index in [1.807, 2.05) is 31.4 Å². The van der Waals surface area contributed by atoms with Crippen LogP contribution in [0.15, 0.2) is 42.7 Å². The lowest BCUT2D eigenvalue weighted by atomic mass is 9.99. The van der Waals surface area contributed by atoms with Gasteiger partial charge in [-0.25, -0.2) is 0 Å². The predicted molar refractivity (Wildman–Crippen MR) is 77.1 cm³/mol. The molecular weight excluding hydrogens is 238 g/mol. The zero-order valence-corrected chi connectivity index (χ0v) is 11.3. The molecule has 0 bridgehead atoms. The van der Waals surface area contributed by atoms with Crippen LogP contribution >= 0.6 is 0 Å². The zero-order valence-electron chi connectivity index (χ0n) is 11.3. The van der Waals surface area contributed by atoms with Gasteiger partial charge >= 0.3 is 0 Å². The van der Waals surface area contributed by atoms with Crippen LogP contribution in [-0.2, 0) is 6.42 Å². The van der Waals surface area contributed by atoms with Crippen LogP contribution < -0.4 is 15.8 Å². The first-order chi connectivity index (χ1) is 9.24. The third kappa shape index (κ3) is 3.23. The highest BCUT2D eigenvalue weighted by Gasteiger charge is 2.13. The number of aromatic nitrogens is 1. The van der Waals surface area contributed by atoms with E-state index in [4.69, 9.17) is 10.5 Å². The van der Waals surface area contributed by atoms with E-state index in [9.17, 15) is 0 Å². The molecule has 1 unspecified atom stereocenters. The van der Waals surface area contributed by atoms with Crippen LogP contribution in [0.2, 0.25) is 0 Å². The normalized spacial score (nSPS) is 12.1. The molecule has 0 saturated carbocycles. The summed E-state index contributed by atoms with van der Waals surface area (Å²) in [5.41, 5.74) is 9.02. The lowest BCUT2D eigenvalue weighted by Crippen LogP contribution is -2.20. The molecule has 2 aromatic rings. The molecule has 2 rings (SSSR count). The summed E-state index contributed by atoms with van der Waals surface area (Å²) in [6, 6.07) is 10.0. The van der Waals surface area contributed by atoms with Crippen molar-refractivity contribution in [1.82, 2.24) is 10.3 Å². The van der Waals surface area contributed by atoms with E-state index < -0.39 is 0 Å². The van der Waals surface area contributed by atoms with Crippen molar-refractivity contribution in [3.8, 4) is 5.75 Å². The molecule has 0 aliphatic heterocycles. The number of benzene rings is 1. The molecule has 1 aromatic heterocycles. The molecule has 0 fully saturated rings. The number of nitrogen functional groups attached to an aromatic ring is 1. The Kier molecular flexibility index (Phi) is 4.36. The second-order valence-electron chi connectivity index (χ2n) is 4.40. The molecule has 0 radical (unpaired) electrons. The molecule has 1 atom stereocenters. The summed E-state index contributed by atoms with van der Waals surface area (Å²) in [5.74, 6) is 0.866. The lowest BCUT2D eigenvalue weighted by Gasteiger charge is -2.18. The maximum atomic E-state index is 6.00. The minimum atomic E-state index is 0.155. The Bertz CT molecular complexity index is 525. The number of hydrogen-bond donors (Lipinski definition) is 2. The molecule has 1 heterocycles. The summed E-state index contributed by atoms with van der Waals surface area (Å²) in [6.45, 7) is 0. The van der Waals surface area contributed by atoms with Gasteiger partial charge in [-0.05, 0) is 37.2 Å². The minimum Gasteiger partial charge on any atom is -0.497 e. The molecule has 0 aliphatic rings. The summed E-state index contributed by atoms with van der Waals surface area (Å²) < 4.78 is 5.16. The van der Waals surface area contributed by atoms with Crippen LogP contribution in [0.3, 0.4) is 0 Å². The van der Waals surface area contributed by atoms with Crippen molar-refractivity contribution in [1.29, 1.82) is 0 Å². The van der Waals surface area contributed by atoms with Crippen molar-refractivity contribution in [2.75, 3.05) is 19.9 Å². The fourth-order valence-electron chi connectivity index (χ4n) is 2.07. The Morgan fingerprint density at radius 3 is 2.58 bits per heavy atom. The van der Waals surface area contributed by atoms with E-state index in [1.165, 1.54) is 5.56 Å². The summed E-state index contributed by atoms with van der Waals surface area (Å²) in [4.78, 5) is 4.14. The number of nitrogens with two attached hydrogens (primary N) is 1. The molecule has 0 aliphatic carbocycles. The first-order valence-electron chi connectivity index (χ1n) is 6.24. The number of ether oxygens (including phenoxy) is 1. The van der Waals surface area contributed by atoms with Crippen LogP contribution in [0, 0.1) is 0 Å². The second-order valence-corrected chi connectivity index (χ2v) is 4.40. The van der Waals surface area contributed by atoms with Gasteiger partial charge in [-0.3, -0.25) is 4.98 Å². The molecule has 0 spiro atoms. The monoisotopic (exact) mass is 257 g/mol. The Balaban J connectivity index is 2.17. The van der Waals surface area contributed by atoms with Gasteiger partial charge in [0.2, 0.25) is 0 Å². The first kappa shape index (κ1) is 13.4. The van der Waals surface area contributed by atoms with E-state index in [0.29, 0.717) is 0 Å². The average molecular weight is 257 g/mol. The standard InChI is InChI=1S/C15H19N3O/c1-17-15(13-10-18-8-7-14(13)16)9-11-3-5-12(19-2)6-4-11/h3-8,10,15,17H,9H2,1-2H3,(H2,16,18). The topological polar surface area (TPSA) is 60.2 Å². The van der Waals surface area contributed by atoms with Crippen molar-refractivity contribution in [3.63, 3.8) is 0 Å². The fourth-order valence-corrected chi connectivity index (χ4v) is 2.07. The van der Waals surface area contributed by atoms with Gasteiger partial charge < -0.3 is 15.8 Å². The summed E-state index contributed by atoms with van der Waals surface area (Å²) >= 11 is 0. The van der Waals surface area contributed by atoms with E-state index in [-0.39, 0.29) is 6.04 Å². The highest BCUT2D eigenvalue weighted by Crippen LogP contribution is 2.23. The van der Waals surface area contributed by atoms with Gasteiger partial charge in [0, 0.05) is 29.7 Å². The van der Waals surface area contributed by atoms with Crippen LogP contribution in [0.1, 0.15) is 17.2 Å². The largest absolute Gasteiger partial charge is 0.497 e. The second kappa shape index (κ2) is 6.20. The van der Waals surface area contributed by atoms with Gasteiger partial charge in [-0.2, -0.15) is 0 Å². The van der Waals surface area contributed by atoms with Gasteiger partial charge in [-0.15, -0.1) is 0 Å². The van der Waals surface area contributed by atoms with Crippen molar-refractivity contribution in [3.05, 3.63) is 53.9 Å². The fraction of sp³-hybridized carbons (Fsp3) is 0.267. The molecule has 4 heteroatoms. The molecule has 3 N–H and O–H groups in total. The van der Waals surface area contributed by atoms with Crippen LogP contribution in [0.25, 0.3) is 0 Å². The molecule has 0 saturated heterocycles. The summed E-state index contributed by atoms with van der Waals surface area (Å²) in [6.07, 6.45) is 4.38. The van der Waals surface area contributed by atoms with Gasteiger partial charge in [0.1, 0.15) is 5.75 Å². The summed E-state index contributed by atoms with van der Waals surface area (Å²) in [5, 5.41) is 3.29. The van der Waals surface area contributed by atoms with Gasteiger partial charge in [0.15, 0.2) is 0 Å². The van der Waals surface area contributed by atoms with E-state index in [2.05, 4.69) is 22.4 Å². The van der Waals surface area contributed by atoms with Gasteiger partial charge in [0.05, 0.1) is 7.11 Å². The SMILES string of the molecule is CNC(Cc1ccc(OC)cc1)c1cnccc1N. The number of nitrogens with zero attached hydrogens (tertiary/aromatic N) is 1. The average Bonchev–Trinajstić information content (AvgIpc) is 2.46. The van der Waals surface area contributed by atoms with Crippen molar-refractivity contribution in [2.45, 2.75) is 12.5 Å². The molecule has 4 nitrogen and oxygen atoms in total. The van der Waals surface area contributed by atoms with E-state index in [0.717, 1.165) is 23.4 Å². The summed E-state index contributed by atoms with van der Waals surface area (Å²) in [7, 11) is 3.60. The lowest BCUT2D eigenvalue weighted by molar-refractivity contribution is 0.414. The highest BCUT2D eigenvalue weighted by atomic mass is 16.5. The van der Waals surface area contributed by atoms with Crippen LogP contribution in [-0.4, -0.2) is 19.1 Å². The number of nitrogens with one attached hydrogen (secondary N) is 1. The molecule has 100 valence electrons. The third-order valence-corrected chi connectivity index (χ3v) is 3.21. The zero-order chi connectivity index (χ0) is 13.7. The number of pyridine rings is 1. The van der Waals surface area contributed by atoms with Gasteiger partial charge in [-0.1, -0.05) is 12.1 Å². The molecule has 1 aromatic carbocycles. The maximum absolute atomic E-state index is 6.00. The first-order valence-corrected chi connectivity index (χ1v) is 6.24. The van der Waals surface area contributed by atoms with Crippen molar-refractivity contribution in [2.24, 2.45) is 0 Å². The van der Waals surface area contributed by atoms with E-state index in [1.54, 1.807) is 13.3 Å². The number of methoxy groups -OCH3 is 1. The maximum Gasteiger partial charge on any atom is 0.118 e. The highest BCUT2D eigenvalue weighted by molar-refractivity contribution is 5.46. The van der Waals surface area contributed by atoms with Crippen molar-refractivity contribution >= 4 is 5.69 Å². The smallest absolute Gasteiger partial charge is 0.118 e. The van der Waals surface area contributed by atoms with Gasteiger partial charge in [0.25, 0.3) is 0 Å².